The molecule has 0 aliphatic rings. The van der Waals surface area contributed by atoms with Crippen LogP contribution in [0.25, 0.3) is 16.9 Å². The van der Waals surface area contributed by atoms with Crippen LogP contribution in [0, 0.1) is 5.82 Å². The van der Waals surface area contributed by atoms with E-state index in [4.69, 9.17) is 16.3 Å². The van der Waals surface area contributed by atoms with Crippen LogP contribution in [-0.2, 0) is 4.74 Å². The van der Waals surface area contributed by atoms with Gasteiger partial charge >= 0.3 is 0 Å². The van der Waals surface area contributed by atoms with Crippen LogP contribution in [0.15, 0.2) is 59.4 Å². The molecule has 0 fully saturated rings. The van der Waals surface area contributed by atoms with Crippen molar-refractivity contribution >= 4 is 17.5 Å². The van der Waals surface area contributed by atoms with Crippen molar-refractivity contribution in [3.63, 3.8) is 0 Å². The Morgan fingerprint density at radius 3 is 2.65 bits per heavy atom. The Labute approximate surface area is 183 Å². The summed E-state index contributed by atoms with van der Waals surface area (Å²) in [6.07, 6.45) is 0.367. The maximum absolute atomic E-state index is 13.8. The third-order valence-corrected chi connectivity index (χ3v) is 4.83. The van der Waals surface area contributed by atoms with E-state index in [0.717, 1.165) is 10.7 Å². The molecule has 0 saturated heterocycles. The number of hydrogen-bond donors (Lipinski definition) is 2. The average molecular weight is 446 g/mol. The predicted molar refractivity (Wildman–Crippen MR) is 115 cm³/mol. The van der Waals surface area contributed by atoms with Crippen LogP contribution >= 0.6 is 11.6 Å². The average Bonchev–Trinajstić information content (AvgIpc) is 2.77. The molecule has 1 atom stereocenters. The van der Waals surface area contributed by atoms with Gasteiger partial charge < -0.3 is 15.2 Å². The van der Waals surface area contributed by atoms with Crippen molar-refractivity contribution in [1.82, 2.24) is 15.1 Å². The van der Waals surface area contributed by atoms with Crippen molar-refractivity contribution in [2.24, 2.45) is 0 Å². The topological polar surface area (TPSA) is 93.4 Å². The number of aliphatic hydroxyl groups excluding tert-OH is 1. The number of nitrogens with zero attached hydrogens (tertiary/aromatic N) is 2. The Morgan fingerprint density at radius 1 is 1.26 bits per heavy atom. The van der Waals surface area contributed by atoms with Crippen molar-refractivity contribution in [2.45, 2.75) is 12.5 Å². The Balaban J connectivity index is 2.10. The van der Waals surface area contributed by atoms with E-state index in [2.05, 4.69) is 10.4 Å². The van der Waals surface area contributed by atoms with Crippen LogP contribution in [0.3, 0.4) is 0 Å². The standard InChI is InChI=1S/C22H21ClFN3O4/c1-31-10-9-17(13-28)25-21(29)19-12-20(14-5-7-15(23)8-6-14)26-27(22(19)30)18-4-2-3-16(24)11-18/h2-8,11-12,17,28H,9-10,13H2,1H3,(H,25,29)/t17-/m1/s1. The summed E-state index contributed by atoms with van der Waals surface area (Å²) >= 11 is 5.95. The van der Waals surface area contributed by atoms with E-state index in [9.17, 15) is 19.1 Å². The van der Waals surface area contributed by atoms with Gasteiger partial charge in [-0.25, -0.2) is 4.39 Å². The van der Waals surface area contributed by atoms with Gasteiger partial charge in [-0.15, -0.1) is 0 Å². The second-order valence-corrected chi connectivity index (χ2v) is 7.22. The lowest BCUT2D eigenvalue weighted by atomic mass is 10.1. The van der Waals surface area contributed by atoms with Crippen LogP contribution in [0.4, 0.5) is 4.39 Å². The molecule has 0 radical (unpaired) electrons. The van der Waals surface area contributed by atoms with Crippen LogP contribution in [-0.4, -0.2) is 47.2 Å². The van der Waals surface area contributed by atoms with Gasteiger partial charge in [0.05, 0.1) is 24.0 Å². The molecular formula is C22H21ClFN3O4. The van der Waals surface area contributed by atoms with Crippen LogP contribution in [0.5, 0.6) is 0 Å². The molecule has 9 heteroatoms. The van der Waals surface area contributed by atoms with Gasteiger partial charge in [0.2, 0.25) is 0 Å². The molecule has 1 aromatic heterocycles. The zero-order valence-corrected chi connectivity index (χ0v) is 17.5. The smallest absolute Gasteiger partial charge is 0.284 e. The summed E-state index contributed by atoms with van der Waals surface area (Å²) in [7, 11) is 1.51. The highest BCUT2D eigenvalue weighted by molar-refractivity contribution is 6.30. The number of methoxy groups -OCH3 is 1. The number of ether oxygens (including phenoxy) is 1. The second kappa shape index (κ2) is 10.3. The SMILES string of the molecule is COCC[C@H](CO)NC(=O)c1cc(-c2ccc(Cl)cc2)nn(-c2cccc(F)c2)c1=O. The first-order valence-corrected chi connectivity index (χ1v) is 9.87. The Hall–Kier alpha value is -3.07. The summed E-state index contributed by atoms with van der Waals surface area (Å²) in [4.78, 5) is 25.9. The van der Waals surface area contributed by atoms with Crippen molar-refractivity contribution < 1.29 is 19.0 Å². The van der Waals surface area contributed by atoms with Gasteiger partial charge in [0, 0.05) is 24.3 Å². The van der Waals surface area contributed by atoms with E-state index >= 15 is 0 Å². The molecule has 0 aliphatic heterocycles. The molecule has 1 heterocycles. The molecule has 0 spiro atoms. The monoisotopic (exact) mass is 445 g/mol. The molecule has 2 N–H and O–H groups in total. The first-order valence-electron chi connectivity index (χ1n) is 9.50. The second-order valence-electron chi connectivity index (χ2n) is 6.78. The number of carbonyl (C=O) groups excluding carboxylic acids is 1. The molecule has 3 rings (SSSR count). The number of rotatable bonds is 8. The molecule has 31 heavy (non-hydrogen) atoms. The number of nitrogens with one attached hydrogen (secondary N) is 1. The predicted octanol–water partition coefficient (Wildman–Crippen LogP) is 2.82. The van der Waals surface area contributed by atoms with E-state index in [-0.39, 0.29) is 17.9 Å². The Bertz CT molecular complexity index is 1120. The Kier molecular flexibility index (Phi) is 7.51. The number of amides is 1. The number of aliphatic hydroxyl groups is 1. The van der Waals surface area contributed by atoms with E-state index in [1.54, 1.807) is 24.3 Å². The molecule has 0 bridgehead atoms. The third kappa shape index (κ3) is 5.55. The highest BCUT2D eigenvalue weighted by Crippen LogP contribution is 2.20. The van der Waals surface area contributed by atoms with Crippen molar-refractivity contribution in [2.75, 3.05) is 20.3 Å². The minimum Gasteiger partial charge on any atom is -0.394 e. The lowest BCUT2D eigenvalue weighted by Crippen LogP contribution is -2.41. The zero-order valence-electron chi connectivity index (χ0n) is 16.7. The minimum atomic E-state index is -0.718. The van der Waals surface area contributed by atoms with Gasteiger partial charge in [-0.05, 0) is 42.8 Å². The quantitative estimate of drug-likeness (QED) is 0.556. The molecular weight excluding hydrogens is 425 g/mol. The van der Waals surface area contributed by atoms with Gasteiger partial charge in [0.25, 0.3) is 11.5 Å². The number of aromatic nitrogens is 2. The van der Waals surface area contributed by atoms with Crippen LogP contribution < -0.4 is 10.9 Å². The normalized spacial score (nSPS) is 11.9. The van der Waals surface area contributed by atoms with Gasteiger partial charge in [-0.3, -0.25) is 9.59 Å². The van der Waals surface area contributed by atoms with Gasteiger partial charge in [0.1, 0.15) is 11.4 Å². The van der Waals surface area contributed by atoms with E-state index < -0.39 is 23.3 Å². The lowest BCUT2D eigenvalue weighted by Gasteiger charge is -2.16. The summed E-state index contributed by atoms with van der Waals surface area (Å²) in [6, 6.07) is 12.8. The van der Waals surface area contributed by atoms with Crippen LogP contribution in [0.1, 0.15) is 16.8 Å². The van der Waals surface area contributed by atoms with Crippen molar-refractivity contribution in [3.8, 4) is 16.9 Å². The number of benzene rings is 2. The fourth-order valence-corrected chi connectivity index (χ4v) is 3.06. The molecule has 0 saturated carbocycles. The molecule has 0 aliphatic carbocycles. The van der Waals surface area contributed by atoms with Crippen molar-refractivity contribution in [3.05, 3.63) is 81.4 Å². The first kappa shape index (κ1) is 22.6. The number of halogens is 2. The molecule has 0 unspecified atom stereocenters. The molecule has 7 nitrogen and oxygen atoms in total. The zero-order chi connectivity index (χ0) is 22.4. The summed E-state index contributed by atoms with van der Waals surface area (Å²) in [5.41, 5.74) is 0.196. The third-order valence-electron chi connectivity index (χ3n) is 4.57. The molecule has 2 aromatic carbocycles. The van der Waals surface area contributed by atoms with Crippen molar-refractivity contribution in [1.29, 1.82) is 0 Å². The summed E-state index contributed by atoms with van der Waals surface area (Å²) in [5, 5.41) is 17.0. The largest absolute Gasteiger partial charge is 0.394 e. The van der Waals surface area contributed by atoms with Gasteiger partial charge in [0.15, 0.2) is 0 Å². The summed E-state index contributed by atoms with van der Waals surface area (Å²) in [6.45, 7) is 0.00765. The first-order chi connectivity index (χ1) is 14.9. The highest BCUT2D eigenvalue weighted by atomic mass is 35.5. The van der Waals surface area contributed by atoms with E-state index in [0.29, 0.717) is 29.3 Å². The van der Waals surface area contributed by atoms with E-state index in [1.807, 2.05) is 0 Å². The maximum Gasteiger partial charge on any atom is 0.284 e. The lowest BCUT2D eigenvalue weighted by molar-refractivity contribution is 0.0892. The van der Waals surface area contributed by atoms with Gasteiger partial charge in [-0.1, -0.05) is 29.8 Å². The minimum absolute atomic E-state index is 0.174. The maximum atomic E-state index is 13.8. The summed E-state index contributed by atoms with van der Waals surface area (Å²) in [5.74, 6) is -1.23. The fraction of sp³-hybridized carbons (Fsp3) is 0.227. The molecule has 1 amide bonds. The summed E-state index contributed by atoms with van der Waals surface area (Å²) < 4.78 is 19.7. The van der Waals surface area contributed by atoms with Crippen LogP contribution in [0.2, 0.25) is 5.02 Å². The fourth-order valence-electron chi connectivity index (χ4n) is 2.93. The molecule has 162 valence electrons. The highest BCUT2D eigenvalue weighted by Gasteiger charge is 2.20. The molecule has 3 aromatic rings. The van der Waals surface area contributed by atoms with E-state index in [1.165, 1.54) is 31.4 Å². The number of carbonyl (C=O) groups is 1. The number of hydrogen-bond acceptors (Lipinski definition) is 5. The Morgan fingerprint density at radius 2 is 2.00 bits per heavy atom. The van der Waals surface area contributed by atoms with Gasteiger partial charge in [-0.2, -0.15) is 9.78 Å².